The Balaban J connectivity index is 0.000000218. The highest BCUT2D eigenvalue weighted by molar-refractivity contribution is 7.80. The zero-order valence-electron chi connectivity index (χ0n) is 15.3. The minimum Gasteiger partial charge on any atom is -0.480 e. The molecule has 3 aromatic rings. The van der Waals surface area contributed by atoms with E-state index in [2.05, 4.69) is 42.9 Å². The maximum atomic E-state index is 10.4. The number of fused-ring (bicyclic) bond motifs is 1. The molecule has 7 N–H and O–H groups in total. The van der Waals surface area contributed by atoms with Gasteiger partial charge < -0.3 is 26.9 Å². The van der Waals surface area contributed by atoms with Crippen molar-refractivity contribution < 1.29 is 19.5 Å². The summed E-state index contributed by atoms with van der Waals surface area (Å²) in [5.41, 5.74) is 12.1. The molecule has 2 amide bonds. The van der Waals surface area contributed by atoms with Gasteiger partial charge in [-0.3, -0.25) is 14.6 Å². The fourth-order valence-corrected chi connectivity index (χ4v) is 1.97. The maximum absolute atomic E-state index is 10.4. The number of nitrogens with one attached hydrogen (secondary N) is 2. The van der Waals surface area contributed by atoms with Crippen LogP contribution in [0.3, 0.4) is 0 Å². The van der Waals surface area contributed by atoms with E-state index in [1.807, 2.05) is 0 Å². The summed E-state index contributed by atoms with van der Waals surface area (Å²) in [4.78, 5) is 49.0. The Morgan fingerprint density at radius 2 is 2.03 bits per heavy atom. The van der Waals surface area contributed by atoms with Crippen molar-refractivity contribution in [2.75, 3.05) is 11.5 Å². The number of carbonyl (C=O) groups is 3. The van der Waals surface area contributed by atoms with Gasteiger partial charge in [0.15, 0.2) is 11.5 Å². The Kier molecular flexibility index (Phi) is 9.53. The molecule has 0 fully saturated rings. The first-order valence-corrected chi connectivity index (χ1v) is 8.59. The largest absolute Gasteiger partial charge is 0.480 e. The van der Waals surface area contributed by atoms with E-state index in [0.717, 1.165) is 0 Å². The topological polar surface area (TPSA) is 203 Å². The van der Waals surface area contributed by atoms with E-state index in [0.29, 0.717) is 22.5 Å². The van der Waals surface area contributed by atoms with Crippen LogP contribution in [0.2, 0.25) is 0 Å². The van der Waals surface area contributed by atoms with Crippen LogP contribution < -0.4 is 16.8 Å². The van der Waals surface area contributed by atoms with E-state index >= 15 is 0 Å². The number of carbonyl (C=O) groups excluding carboxylic acids is 2. The van der Waals surface area contributed by atoms with Gasteiger partial charge in [-0.1, -0.05) is 0 Å². The SMILES string of the molecule is CC(=O)NC(CS)C(=O)O.NC(=O)c1cccnc1.Nc1ncnc2[nH]cnc12. The summed E-state index contributed by atoms with van der Waals surface area (Å²) in [6.07, 6.45) is 5.96. The number of nitrogens with two attached hydrogens (primary N) is 2. The summed E-state index contributed by atoms with van der Waals surface area (Å²) in [7, 11) is 0. The molecule has 3 rings (SSSR count). The van der Waals surface area contributed by atoms with Crippen LogP contribution in [-0.4, -0.2) is 59.6 Å². The van der Waals surface area contributed by atoms with Crippen LogP contribution in [0, 0.1) is 0 Å². The first kappa shape index (κ1) is 23.3. The van der Waals surface area contributed by atoms with Crippen molar-refractivity contribution in [2.45, 2.75) is 13.0 Å². The second-order valence-electron chi connectivity index (χ2n) is 5.24. The van der Waals surface area contributed by atoms with Crippen LogP contribution in [0.5, 0.6) is 0 Å². The first-order chi connectivity index (χ1) is 13.8. The number of rotatable bonds is 4. The lowest BCUT2D eigenvalue weighted by Crippen LogP contribution is -2.40. The molecule has 13 heteroatoms. The highest BCUT2D eigenvalue weighted by atomic mass is 32.1. The van der Waals surface area contributed by atoms with Crippen molar-refractivity contribution in [3.63, 3.8) is 0 Å². The molecule has 29 heavy (non-hydrogen) atoms. The van der Waals surface area contributed by atoms with Crippen LogP contribution in [0.15, 0.2) is 37.2 Å². The average Bonchev–Trinajstić information content (AvgIpc) is 3.18. The highest BCUT2D eigenvalue weighted by Gasteiger charge is 2.15. The molecule has 0 radical (unpaired) electrons. The molecule has 1 unspecified atom stereocenters. The number of aromatic nitrogens is 5. The van der Waals surface area contributed by atoms with Crippen LogP contribution in [0.4, 0.5) is 5.82 Å². The summed E-state index contributed by atoms with van der Waals surface area (Å²) in [6.45, 7) is 1.26. The van der Waals surface area contributed by atoms with Crippen LogP contribution in [-0.2, 0) is 9.59 Å². The predicted molar refractivity (Wildman–Crippen MR) is 108 cm³/mol. The van der Waals surface area contributed by atoms with Crippen LogP contribution in [0.25, 0.3) is 11.2 Å². The maximum Gasteiger partial charge on any atom is 0.327 e. The van der Waals surface area contributed by atoms with Gasteiger partial charge in [0.05, 0.1) is 11.9 Å². The molecule has 0 spiro atoms. The number of nitrogen functional groups attached to an aromatic ring is 1. The summed E-state index contributed by atoms with van der Waals surface area (Å²) < 4.78 is 0. The van der Waals surface area contributed by atoms with E-state index in [4.69, 9.17) is 16.6 Å². The Morgan fingerprint density at radius 1 is 1.31 bits per heavy atom. The van der Waals surface area contributed by atoms with Gasteiger partial charge in [0.1, 0.15) is 17.9 Å². The minimum atomic E-state index is -1.06. The van der Waals surface area contributed by atoms with Crippen LogP contribution in [0.1, 0.15) is 17.3 Å². The molecule has 0 aliphatic rings. The predicted octanol–water partition coefficient (Wildman–Crippen LogP) is -0.379. The quantitative estimate of drug-likeness (QED) is 0.304. The van der Waals surface area contributed by atoms with Crippen molar-refractivity contribution in [1.82, 2.24) is 30.2 Å². The number of amides is 2. The molecular formula is C16H20N8O4S. The number of pyridine rings is 1. The van der Waals surface area contributed by atoms with E-state index < -0.39 is 17.9 Å². The number of hydrogen-bond acceptors (Lipinski definition) is 9. The lowest BCUT2D eigenvalue weighted by Gasteiger charge is -2.08. The van der Waals surface area contributed by atoms with Crippen molar-refractivity contribution in [1.29, 1.82) is 0 Å². The standard InChI is InChI=1S/C6H6N2O.C5H5N5.C5H9NO3S/c7-6(9)5-2-1-3-8-4-5;6-4-3-5(9-1-7-3)10-2-8-4;1-3(7)6-4(2-10)5(8)9/h1-4H,(H2,7,9);1-2H,(H3,6,7,8,9,10);4,10H,2H2,1H3,(H,6,7)(H,8,9). The molecule has 3 aromatic heterocycles. The molecule has 0 aliphatic heterocycles. The zero-order chi connectivity index (χ0) is 21.8. The molecular weight excluding hydrogens is 400 g/mol. The van der Waals surface area contributed by atoms with E-state index in [-0.39, 0.29) is 11.7 Å². The number of aliphatic carboxylic acids is 1. The normalized spacial score (nSPS) is 10.6. The second-order valence-corrected chi connectivity index (χ2v) is 5.60. The number of carboxylic acids is 1. The number of aromatic amines is 1. The van der Waals surface area contributed by atoms with Gasteiger partial charge >= 0.3 is 5.97 Å². The molecule has 0 aliphatic carbocycles. The first-order valence-electron chi connectivity index (χ1n) is 7.96. The van der Waals surface area contributed by atoms with Gasteiger partial charge in [0, 0.05) is 25.1 Å². The lowest BCUT2D eigenvalue weighted by atomic mass is 10.3. The average molecular weight is 420 g/mol. The van der Waals surface area contributed by atoms with Gasteiger partial charge in [-0.05, 0) is 12.1 Å². The van der Waals surface area contributed by atoms with Crippen molar-refractivity contribution in [3.8, 4) is 0 Å². The van der Waals surface area contributed by atoms with E-state index in [9.17, 15) is 14.4 Å². The summed E-state index contributed by atoms with van der Waals surface area (Å²) in [6, 6.07) is 2.41. The second kappa shape index (κ2) is 11.9. The van der Waals surface area contributed by atoms with Crippen molar-refractivity contribution >= 4 is 47.4 Å². The minimum absolute atomic E-state index is 0.106. The number of hydrogen-bond donors (Lipinski definition) is 6. The molecule has 0 saturated heterocycles. The lowest BCUT2D eigenvalue weighted by molar-refractivity contribution is -0.140. The number of imidazole rings is 1. The Morgan fingerprint density at radius 3 is 2.45 bits per heavy atom. The molecule has 1 atom stereocenters. The third kappa shape index (κ3) is 8.21. The van der Waals surface area contributed by atoms with Gasteiger partial charge in [-0.25, -0.2) is 19.7 Å². The van der Waals surface area contributed by atoms with Gasteiger partial charge in [-0.15, -0.1) is 0 Å². The number of carboxylic acid groups (broad SMARTS) is 1. The fourth-order valence-electron chi connectivity index (χ4n) is 1.72. The number of thiol groups is 1. The third-order valence-corrected chi connectivity index (χ3v) is 3.41. The Hall–Kier alpha value is -3.74. The van der Waals surface area contributed by atoms with Gasteiger partial charge in [0.2, 0.25) is 11.8 Å². The van der Waals surface area contributed by atoms with Gasteiger partial charge in [-0.2, -0.15) is 12.6 Å². The molecule has 0 bridgehead atoms. The molecule has 3 heterocycles. The molecule has 12 nitrogen and oxygen atoms in total. The van der Waals surface area contributed by atoms with Crippen molar-refractivity contribution in [3.05, 3.63) is 42.7 Å². The van der Waals surface area contributed by atoms with Crippen LogP contribution >= 0.6 is 12.6 Å². The van der Waals surface area contributed by atoms with Gasteiger partial charge in [0.25, 0.3) is 0 Å². The Bertz CT molecular complexity index is 950. The van der Waals surface area contributed by atoms with E-state index in [1.54, 1.807) is 18.3 Å². The smallest absolute Gasteiger partial charge is 0.327 e. The number of primary amides is 1. The number of H-pyrrole nitrogens is 1. The fraction of sp³-hybridized carbons (Fsp3) is 0.188. The Labute approximate surface area is 170 Å². The monoisotopic (exact) mass is 420 g/mol. The summed E-state index contributed by atoms with van der Waals surface area (Å²) in [5.74, 6) is -1.35. The third-order valence-electron chi connectivity index (χ3n) is 3.05. The molecule has 154 valence electrons. The van der Waals surface area contributed by atoms with Crippen molar-refractivity contribution in [2.24, 2.45) is 5.73 Å². The summed E-state index contributed by atoms with van der Waals surface area (Å²) >= 11 is 3.73. The molecule has 0 aromatic carbocycles. The highest BCUT2D eigenvalue weighted by Crippen LogP contribution is 2.09. The number of anilines is 1. The summed E-state index contributed by atoms with van der Waals surface area (Å²) in [5, 5.41) is 10.6. The zero-order valence-corrected chi connectivity index (χ0v) is 16.2. The number of nitrogens with zero attached hydrogens (tertiary/aromatic N) is 4. The molecule has 0 saturated carbocycles. The van der Waals surface area contributed by atoms with E-state index in [1.165, 1.54) is 25.8 Å².